The van der Waals surface area contributed by atoms with Crippen LogP contribution in [0, 0.1) is 11.8 Å². The summed E-state index contributed by atoms with van der Waals surface area (Å²) in [6.45, 7) is 2.38. The molecule has 0 spiro atoms. The van der Waals surface area contributed by atoms with Crippen LogP contribution in [0.25, 0.3) is 0 Å². The van der Waals surface area contributed by atoms with E-state index < -0.39 is 0 Å². The summed E-state index contributed by atoms with van der Waals surface area (Å²) in [6.07, 6.45) is 5.31. The first kappa shape index (κ1) is 13.1. The number of likely N-dealkylation sites (N-methyl/N-ethyl adjacent to an activating group) is 1. The van der Waals surface area contributed by atoms with Crippen LogP contribution in [-0.4, -0.2) is 13.1 Å². The zero-order chi connectivity index (χ0) is 12.3. The third-order valence-electron chi connectivity index (χ3n) is 4.07. The first-order valence-corrected chi connectivity index (χ1v) is 7.40. The van der Waals surface area contributed by atoms with Gasteiger partial charge in [-0.15, -0.1) is 0 Å². The minimum absolute atomic E-state index is 0.624. The van der Waals surface area contributed by atoms with E-state index in [0.717, 1.165) is 18.3 Å². The zero-order valence-electron chi connectivity index (χ0n) is 10.7. The molecule has 1 nitrogen and oxygen atoms in total. The highest BCUT2D eigenvalue weighted by atomic mass is 79.9. The van der Waals surface area contributed by atoms with Crippen molar-refractivity contribution in [3.63, 3.8) is 0 Å². The van der Waals surface area contributed by atoms with Crippen molar-refractivity contribution in [3.05, 3.63) is 34.3 Å². The molecule has 1 N–H and O–H groups in total. The summed E-state index contributed by atoms with van der Waals surface area (Å²) in [6, 6.07) is 9.20. The monoisotopic (exact) mass is 295 g/mol. The SMILES string of the molecule is CNC(Cc1ccccc1Br)C1CCC(C)C1. The van der Waals surface area contributed by atoms with Crippen molar-refractivity contribution in [3.8, 4) is 0 Å². The lowest BCUT2D eigenvalue weighted by atomic mass is 9.91. The van der Waals surface area contributed by atoms with E-state index in [-0.39, 0.29) is 0 Å². The van der Waals surface area contributed by atoms with Crippen LogP contribution < -0.4 is 5.32 Å². The average Bonchev–Trinajstić information content (AvgIpc) is 2.75. The lowest BCUT2D eigenvalue weighted by molar-refractivity contribution is 0.367. The van der Waals surface area contributed by atoms with Gasteiger partial charge in [-0.2, -0.15) is 0 Å². The molecular weight excluding hydrogens is 274 g/mol. The molecular formula is C15H22BrN. The summed E-state index contributed by atoms with van der Waals surface area (Å²) in [5.41, 5.74) is 1.42. The highest BCUT2D eigenvalue weighted by Crippen LogP contribution is 2.34. The Morgan fingerprint density at radius 1 is 1.35 bits per heavy atom. The molecule has 2 heteroatoms. The highest BCUT2D eigenvalue weighted by molar-refractivity contribution is 9.10. The van der Waals surface area contributed by atoms with Gasteiger partial charge in [0.25, 0.3) is 0 Å². The maximum atomic E-state index is 3.65. The van der Waals surface area contributed by atoms with Gasteiger partial charge in [0.05, 0.1) is 0 Å². The van der Waals surface area contributed by atoms with Crippen molar-refractivity contribution in [2.24, 2.45) is 11.8 Å². The van der Waals surface area contributed by atoms with Gasteiger partial charge in [0.1, 0.15) is 0 Å². The Bertz CT molecular complexity index is 364. The normalized spacial score (nSPS) is 26.1. The van der Waals surface area contributed by atoms with E-state index in [0.29, 0.717) is 6.04 Å². The van der Waals surface area contributed by atoms with Crippen LogP contribution in [0.1, 0.15) is 31.7 Å². The number of nitrogens with one attached hydrogen (secondary N) is 1. The van der Waals surface area contributed by atoms with Crippen LogP contribution >= 0.6 is 15.9 Å². The Morgan fingerprint density at radius 3 is 2.71 bits per heavy atom. The fourth-order valence-corrected chi connectivity index (χ4v) is 3.47. The predicted molar refractivity (Wildman–Crippen MR) is 77.2 cm³/mol. The molecule has 1 aromatic carbocycles. The van der Waals surface area contributed by atoms with E-state index in [1.165, 1.54) is 29.3 Å². The third-order valence-corrected chi connectivity index (χ3v) is 4.85. The van der Waals surface area contributed by atoms with E-state index in [9.17, 15) is 0 Å². The molecule has 2 rings (SSSR count). The molecule has 3 unspecified atom stereocenters. The Kier molecular flexibility index (Phi) is 4.63. The largest absolute Gasteiger partial charge is 0.316 e. The first-order valence-electron chi connectivity index (χ1n) is 6.61. The molecule has 0 amide bonds. The number of hydrogen-bond donors (Lipinski definition) is 1. The molecule has 1 saturated carbocycles. The lowest BCUT2D eigenvalue weighted by Crippen LogP contribution is -2.34. The first-order chi connectivity index (χ1) is 8.20. The fourth-order valence-electron chi connectivity index (χ4n) is 3.02. The second-order valence-electron chi connectivity index (χ2n) is 5.37. The zero-order valence-corrected chi connectivity index (χ0v) is 12.3. The van der Waals surface area contributed by atoms with Crippen molar-refractivity contribution in [2.45, 2.75) is 38.6 Å². The van der Waals surface area contributed by atoms with Gasteiger partial charge in [-0.1, -0.05) is 47.5 Å². The third kappa shape index (κ3) is 3.32. The van der Waals surface area contributed by atoms with E-state index in [1.807, 2.05) is 0 Å². The van der Waals surface area contributed by atoms with Gasteiger partial charge in [-0.3, -0.25) is 0 Å². The molecule has 1 aromatic rings. The molecule has 0 saturated heterocycles. The summed E-state index contributed by atoms with van der Waals surface area (Å²) in [5, 5.41) is 3.52. The molecule has 1 aliphatic rings. The van der Waals surface area contributed by atoms with E-state index >= 15 is 0 Å². The highest BCUT2D eigenvalue weighted by Gasteiger charge is 2.28. The summed E-state index contributed by atoms with van der Waals surface area (Å²) >= 11 is 3.65. The Morgan fingerprint density at radius 2 is 2.12 bits per heavy atom. The Balaban J connectivity index is 2.03. The number of hydrogen-bond acceptors (Lipinski definition) is 1. The molecule has 1 aliphatic carbocycles. The Hall–Kier alpha value is -0.340. The topological polar surface area (TPSA) is 12.0 Å². The second kappa shape index (κ2) is 6.01. The Labute approximate surface area is 113 Å². The molecule has 17 heavy (non-hydrogen) atoms. The van der Waals surface area contributed by atoms with Gasteiger partial charge in [-0.05, 0) is 49.8 Å². The minimum atomic E-state index is 0.624. The molecule has 94 valence electrons. The summed E-state index contributed by atoms with van der Waals surface area (Å²) in [7, 11) is 2.10. The van der Waals surface area contributed by atoms with Crippen LogP contribution in [0.3, 0.4) is 0 Å². The van der Waals surface area contributed by atoms with Crippen molar-refractivity contribution < 1.29 is 0 Å². The van der Waals surface area contributed by atoms with Crippen LogP contribution in [-0.2, 0) is 6.42 Å². The van der Waals surface area contributed by atoms with E-state index in [2.05, 4.69) is 59.5 Å². The molecule has 0 radical (unpaired) electrons. The summed E-state index contributed by atoms with van der Waals surface area (Å²) in [5.74, 6) is 1.76. The lowest BCUT2D eigenvalue weighted by Gasteiger charge is -2.23. The fraction of sp³-hybridized carbons (Fsp3) is 0.600. The number of rotatable bonds is 4. The van der Waals surface area contributed by atoms with Crippen molar-refractivity contribution >= 4 is 15.9 Å². The van der Waals surface area contributed by atoms with Gasteiger partial charge < -0.3 is 5.32 Å². The molecule has 1 fully saturated rings. The van der Waals surface area contributed by atoms with E-state index in [1.54, 1.807) is 0 Å². The average molecular weight is 296 g/mol. The number of halogens is 1. The van der Waals surface area contributed by atoms with Crippen LogP contribution in [0.5, 0.6) is 0 Å². The van der Waals surface area contributed by atoms with Gasteiger partial charge >= 0.3 is 0 Å². The van der Waals surface area contributed by atoms with Gasteiger partial charge in [0, 0.05) is 10.5 Å². The maximum Gasteiger partial charge on any atom is 0.0207 e. The second-order valence-corrected chi connectivity index (χ2v) is 6.22. The minimum Gasteiger partial charge on any atom is -0.316 e. The predicted octanol–water partition coefficient (Wildman–Crippen LogP) is 4.02. The molecule has 0 aliphatic heterocycles. The summed E-state index contributed by atoms with van der Waals surface area (Å²) < 4.78 is 1.24. The van der Waals surface area contributed by atoms with Gasteiger partial charge in [0.2, 0.25) is 0 Å². The number of benzene rings is 1. The van der Waals surface area contributed by atoms with Crippen LogP contribution in [0.2, 0.25) is 0 Å². The molecule has 0 aromatic heterocycles. The van der Waals surface area contributed by atoms with Gasteiger partial charge in [0.15, 0.2) is 0 Å². The van der Waals surface area contributed by atoms with Crippen molar-refractivity contribution in [1.29, 1.82) is 0 Å². The summed E-state index contributed by atoms with van der Waals surface area (Å²) in [4.78, 5) is 0. The van der Waals surface area contributed by atoms with E-state index in [4.69, 9.17) is 0 Å². The van der Waals surface area contributed by atoms with Crippen LogP contribution in [0.4, 0.5) is 0 Å². The molecule has 0 heterocycles. The smallest absolute Gasteiger partial charge is 0.0207 e. The van der Waals surface area contributed by atoms with Crippen molar-refractivity contribution in [1.82, 2.24) is 5.32 Å². The van der Waals surface area contributed by atoms with Gasteiger partial charge in [-0.25, -0.2) is 0 Å². The molecule has 0 bridgehead atoms. The standard InChI is InChI=1S/C15H22BrN/c1-11-7-8-13(9-11)15(17-2)10-12-5-3-4-6-14(12)16/h3-6,11,13,15,17H,7-10H2,1-2H3. The van der Waals surface area contributed by atoms with Crippen molar-refractivity contribution in [2.75, 3.05) is 7.05 Å². The van der Waals surface area contributed by atoms with Crippen LogP contribution in [0.15, 0.2) is 28.7 Å². The molecule has 3 atom stereocenters. The maximum absolute atomic E-state index is 3.65. The quantitative estimate of drug-likeness (QED) is 0.885.